The Hall–Kier alpha value is -1.09. The lowest BCUT2D eigenvalue weighted by Gasteiger charge is -2.23. The zero-order valence-corrected chi connectivity index (χ0v) is 14.1. The molecule has 3 nitrogen and oxygen atoms in total. The minimum absolute atomic E-state index is 0.322. The zero-order valence-electron chi connectivity index (χ0n) is 14.1. The Morgan fingerprint density at radius 3 is 2.48 bits per heavy atom. The molecule has 0 aromatic heterocycles. The molecule has 2 unspecified atom stereocenters. The molecule has 0 saturated carbocycles. The molecule has 2 N–H and O–H groups in total. The zero-order chi connectivity index (χ0) is 16.3. The molecule has 0 amide bonds. The summed E-state index contributed by atoms with van der Waals surface area (Å²) in [6.45, 7) is 7.73. The topological polar surface area (TPSA) is 57.5 Å². The summed E-state index contributed by atoms with van der Waals surface area (Å²) >= 11 is 0. The Morgan fingerprint density at radius 2 is 1.90 bits per heavy atom. The summed E-state index contributed by atoms with van der Waals surface area (Å²) in [6.07, 6.45) is 12.2. The summed E-state index contributed by atoms with van der Waals surface area (Å²) < 4.78 is 0. The molecule has 0 aliphatic rings. The van der Waals surface area contributed by atoms with Crippen LogP contribution >= 0.6 is 0 Å². The predicted octanol–water partition coefficient (Wildman–Crippen LogP) is 4.71. The van der Waals surface area contributed by atoms with Crippen molar-refractivity contribution in [2.75, 3.05) is 0 Å². The van der Waals surface area contributed by atoms with Gasteiger partial charge in [0.1, 0.15) is 0 Å². The molecular formula is C18H32O3. The molecule has 3 heteroatoms. The lowest BCUT2D eigenvalue weighted by molar-refractivity contribution is -0.141. The van der Waals surface area contributed by atoms with Gasteiger partial charge in [-0.2, -0.15) is 0 Å². The van der Waals surface area contributed by atoms with Gasteiger partial charge in [-0.1, -0.05) is 30.7 Å². The van der Waals surface area contributed by atoms with Gasteiger partial charge in [0.2, 0.25) is 0 Å². The second-order valence-electron chi connectivity index (χ2n) is 6.34. The van der Waals surface area contributed by atoms with Crippen molar-refractivity contribution in [2.45, 2.75) is 78.2 Å². The SMILES string of the molecule is CC=CCC=C(C)CCCC(C)(O)CCCC(C)C(=O)O. The molecule has 0 saturated heterocycles. The van der Waals surface area contributed by atoms with E-state index in [1.54, 1.807) is 6.92 Å². The largest absolute Gasteiger partial charge is 0.481 e. The molecule has 0 aromatic rings. The van der Waals surface area contributed by atoms with E-state index in [0.717, 1.165) is 32.1 Å². The number of carboxylic acids is 1. The number of hydrogen-bond donors (Lipinski definition) is 2. The monoisotopic (exact) mass is 296 g/mol. The van der Waals surface area contributed by atoms with Crippen LogP contribution < -0.4 is 0 Å². The van der Waals surface area contributed by atoms with E-state index in [1.807, 2.05) is 19.9 Å². The van der Waals surface area contributed by atoms with Gasteiger partial charge in [0.15, 0.2) is 0 Å². The summed E-state index contributed by atoms with van der Waals surface area (Å²) in [4.78, 5) is 10.7. The molecule has 0 rings (SSSR count). The van der Waals surface area contributed by atoms with Gasteiger partial charge in [0.05, 0.1) is 11.5 Å². The molecule has 122 valence electrons. The number of hydrogen-bond acceptors (Lipinski definition) is 2. The van der Waals surface area contributed by atoms with Crippen molar-refractivity contribution in [1.29, 1.82) is 0 Å². The average molecular weight is 296 g/mol. The highest BCUT2D eigenvalue weighted by molar-refractivity contribution is 5.69. The van der Waals surface area contributed by atoms with Gasteiger partial charge >= 0.3 is 5.97 Å². The van der Waals surface area contributed by atoms with Crippen LogP contribution in [0.2, 0.25) is 0 Å². The molecule has 0 heterocycles. The molecule has 0 bridgehead atoms. The van der Waals surface area contributed by atoms with Crippen molar-refractivity contribution in [3.8, 4) is 0 Å². The number of carbonyl (C=O) groups is 1. The second-order valence-corrected chi connectivity index (χ2v) is 6.34. The first-order valence-electron chi connectivity index (χ1n) is 8.00. The van der Waals surface area contributed by atoms with Crippen LogP contribution in [0.15, 0.2) is 23.8 Å². The van der Waals surface area contributed by atoms with Crippen LogP contribution in [0, 0.1) is 5.92 Å². The van der Waals surface area contributed by atoms with Crippen molar-refractivity contribution in [1.82, 2.24) is 0 Å². The lowest BCUT2D eigenvalue weighted by atomic mass is 9.90. The summed E-state index contributed by atoms with van der Waals surface area (Å²) in [5.74, 6) is -1.07. The van der Waals surface area contributed by atoms with Crippen LogP contribution in [0.1, 0.15) is 72.6 Å². The van der Waals surface area contributed by atoms with Crippen molar-refractivity contribution >= 4 is 5.97 Å². The van der Waals surface area contributed by atoms with Crippen LogP contribution in [-0.4, -0.2) is 21.8 Å². The van der Waals surface area contributed by atoms with Crippen LogP contribution in [0.4, 0.5) is 0 Å². The van der Waals surface area contributed by atoms with E-state index in [0.29, 0.717) is 12.8 Å². The second kappa shape index (κ2) is 10.6. The van der Waals surface area contributed by atoms with Gasteiger partial charge in [-0.15, -0.1) is 0 Å². The summed E-state index contributed by atoms with van der Waals surface area (Å²) in [6, 6.07) is 0. The number of allylic oxidation sites excluding steroid dienone is 4. The number of aliphatic carboxylic acids is 1. The highest BCUT2D eigenvalue weighted by Crippen LogP contribution is 2.23. The quantitative estimate of drug-likeness (QED) is 0.543. The first kappa shape index (κ1) is 19.9. The fraction of sp³-hybridized carbons (Fsp3) is 0.722. The average Bonchev–Trinajstić information content (AvgIpc) is 2.38. The summed E-state index contributed by atoms with van der Waals surface area (Å²) in [5, 5.41) is 19.1. The van der Waals surface area contributed by atoms with E-state index in [-0.39, 0.29) is 5.92 Å². The van der Waals surface area contributed by atoms with Gasteiger partial charge in [-0.3, -0.25) is 4.79 Å². The Bertz CT molecular complexity index is 353. The van der Waals surface area contributed by atoms with Crippen LogP contribution in [0.5, 0.6) is 0 Å². The van der Waals surface area contributed by atoms with Gasteiger partial charge in [-0.25, -0.2) is 0 Å². The highest BCUT2D eigenvalue weighted by Gasteiger charge is 2.20. The molecule has 2 atom stereocenters. The fourth-order valence-corrected chi connectivity index (χ4v) is 2.29. The minimum Gasteiger partial charge on any atom is -0.481 e. The van der Waals surface area contributed by atoms with Crippen molar-refractivity contribution in [3.05, 3.63) is 23.8 Å². The van der Waals surface area contributed by atoms with E-state index in [1.165, 1.54) is 5.57 Å². The molecule has 0 aromatic carbocycles. The van der Waals surface area contributed by atoms with Gasteiger partial charge < -0.3 is 10.2 Å². The molecule has 0 spiro atoms. The first-order chi connectivity index (χ1) is 9.78. The van der Waals surface area contributed by atoms with E-state index >= 15 is 0 Å². The Labute approximate surface area is 129 Å². The van der Waals surface area contributed by atoms with Crippen molar-refractivity contribution in [3.63, 3.8) is 0 Å². The molecule has 0 aliphatic carbocycles. The standard InChI is InChI=1S/C18H32O3/c1-5-6-7-10-15(2)11-8-13-18(4,21)14-9-12-16(3)17(19)20/h5-6,10,16,21H,7-9,11-14H2,1-4H3,(H,19,20). The van der Waals surface area contributed by atoms with Crippen LogP contribution in [0.3, 0.4) is 0 Å². The third kappa shape index (κ3) is 11.3. The maximum absolute atomic E-state index is 10.7. The van der Waals surface area contributed by atoms with Crippen molar-refractivity contribution in [2.24, 2.45) is 5.92 Å². The Balaban J connectivity index is 3.91. The van der Waals surface area contributed by atoms with Crippen LogP contribution in [0.25, 0.3) is 0 Å². The first-order valence-corrected chi connectivity index (χ1v) is 8.00. The molecule has 0 aliphatic heterocycles. The predicted molar refractivity (Wildman–Crippen MR) is 88.3 cm³/mol. The summed E-state index contributed by atoms with van der Waals surface area (Å²) in [5.41, 5.74) is 0.686. The molecule has 21 heavy (non-hydrogen) atoms. The van der Waals surface area contributed by atoms with E-state index in [9.17, 15) is 9.90 Å². The van der Waals surface area contributed by atoms with Gasteiger partial charge in [0, 0.05) is 0 Å². The third-order valence-corrected chi connectivity index (χ3v) is 3.90. The molecule has 0 radical (unpaired) electrons. The van der Waals surface area contributed by atoms with E-state index in [2.05, 4.69) is 19.1 Å². The van der Waals surface area contributed by atoms with Crippen LogP contribution in [-0.2, 0) is 4.79 Å². The maximum Gasteiger partial charge on any atom is 0.306 e. The number of carboxylic acid groups (broad SMARTS) is 1. The van der Waals surface area contributed by atoms with E-state index in [4.69, 9.17) is 5.11 Å². The van der Waals surface area contributed by atoms with Crippen molar-refractivity contribution < 1.29 is 15.0 Å². The summed E-state index contributed by atoms with van der Waals surface area (Å²) in [7, 11) is 0. The fourth-order valence-electron chi connectivity index (χ4n) is 2.29. The number of aliphatic hydroxyl groups is 1. The molecule has 0 fully saturated rings. The van der Waals surface area contributed by atoms with Gasteiger partial charge in [-0.05, 0) is 65.7 Å². The smallest absolute Gasteiger partial charge is 0.306 e. The minimum atomic E-state index is -0.753. The lowest BCUT2D eigenvalue weighted by Crippen LogP contribution is -2.24. The third-order valence-electron chi connectivity index (χ3n) is 3.90. The van der Waals surface area contributed by atoms with Gasteiger partial charge in [0.25, 0.3) is 0 Å². The maximum atomic E-state index is 10.7. The molecular weight excluding hydrogens is 264 g/mol. The van der Waals surface area contributed by atoms with E-state index < -0.39 is 11.6 Å². The Morgan fingerprint density at radius 1 is 1.29 bits per heavy atom. The number of rotatable bonds is 11. The Kier molecular flexibility index (Phi) is 10.1. The normalized spacial score (nSPS) is 16.9. The highest BCUT2D eigenvalue weighted by atomic mass is 16.4.